The molecule has 27 heavy (non-hydrogen) atoms. The van der Waals surface area contributed by atoms with Crippen LogP contribution in [0.25, 0.3) is 0 Å². The number of anilines is 1. The molecule has 0 fully saturated rings. The summed E-state index contributed by atoms with van der Waals surface area (Å²) in [7, 11) is 0. The molecule has 2 aromatic carbocycles. The van der Waals surface area contributed by atoms with E-state index in [9.17, 15) is 14.4 Å². The summed E-state index contributed by atoms with van der Waals surface area (Å²) >= 11 is 0. The van der Waals surface area contributed by atoms with Crippen LogP contribution in [0.2, 0.25) is 0 Å². The van der Waals surface area contributed by atoms with Crippen LogP contribution in [-0.2, 0) is 14.3 Å². The summed E-state index contributed by atoms with van der Waals surface area (Å²) in [4.78, 5) is 35.9. The van der Waals surface area contributed by atoms with Crippen molar-refractivity contribution in [3.8, 4) is 0 Å². The fraction of sp³-hybridized carbons (Fsp3) is 0.190. The van der Waals surface area contributed by atoms with E-state index in [4.69, 9.17) is 4.74 Å². The minimum atomic E-state index is -0.602. The average molecular weight is 366 g/mol. The maximum Gasteiger partial charge on any atom is 0.330 e. The molecule has 0 saturated heterocycles. The van der Waals surface area contributed by atoms with E-state index in [0.717, 1.165) is 17.7 Å². The molecule has 0 heterocycles. The van der Waals surface area contributed by atoms with Crippen LogP contribution in [0.1, 0.15) is 35.8 Å². The van der Waals surface area contributed by atoms with Gasteiger partial charge in [0.1, 0.15) is 0 Å². The lowest BCUT2D eigenvalue weighted by Crippen LogP contribution is -2.27. The van der Waals surface area contributed by atoms with Crippen molar-refractivity contribution in [1.29, 1.82) is 0 Å². The van der Waals surface area contributed by atoms with Gasteiger partial charge in [0, 0.05) is 12.2 Å². The lowest BCUT2D eigenvalue weighted by Gasteiger charge is -2.16. The van der Waals surface area contributed by atoms with Crippen molar-refractivity contribution in [3.05, 3.63) is 77.9 Å². The Morgan fingerprint density at radius 2 is 1.67 bits per heavy atom. The highest BCUT2D eigenvalue weighted by Gasteiger charge is 2.15. The van der Waals surface area contributed by atoms with Crippen molar-refractivity contribution in [2.24, 2.45) is 0 Å². The number of carbonyl (C=O) groups excluding carboxylic acids is 3. The largest absolute Gasteiger partial charge is 0.463 e. The fourth-order valence-electron chi connectivity index (χ4n) is 2.40. The SMILES string of the molecule is CCOC(=O)C=CC(=O)Nc1ccccc1C(=O)NC(C)c1ccccc1. The number of rotatable bonds is 7. The number of benzene rings is 2. The van der Waals surface area contributed by atoms with Crippen LogP contribution in [0.3, 0.4) is 0 Å². The summed E-state index contributed by atoms with van der Waals surface area (Å²) in [5.74, 6) is -1.44. The summed E-state index contributed by atoms with van der Waals surface area (Å²) in [6.45, 7) is 3.79. The molecule has 1 unspecified atom stereocenters. The Labute approximate surface area is 158 Å². The lowest BCUT2D eigenvalue weighted by molar-refractivity contribution is -0.137. The second-order valence-corrected chi connectivity index (χ2v) is 5.73. The van der Waals surface area contributed by atoms with E-state index >= 15 is 0 Å². The van der Waals surface area contributed by atoms with Gasteiger partial charge in [-0.15, -0.1) is 0 Å². The molecule has 2 amide bonds. The first-order valence-electron chi connectivity index (χ1n) is 8.62. The monoisotopic (exact) mass is 366 g/mol. The Balaban J connectivity index is 2.07. The molecule has 0 saturated carbocycles. The lowest BCUT2D eigenvalue weighted by atomic mass is 10.1. The molecule has 6 heteroatoms. The Hall–Kier alpha value is -3.41. The van der Waals surface area contributed by atoms with E-state index in [1.807, 2.05) is 37.3 Å². The molecule has 0 aliphatic rings. The second kappa shape index (κ2) is 9.91. The molecule has 2 N–H and O–H groups in total. The van der Waals surface area contributed by atoms with Crippen LogP contribution < -0.4 is 10.6 Å². The Kier molecular flexibility index (Phi) is 7.31. The molecule has 0 aliphatic heterocycles. The summed E-state index contributed by atoms with van der Waals surface area (Å²) in [5.41, 5.74) is 1.66. The van der Waals surface area contributed by atoms with E-state index in [1.165, 1.54) is 0 Å². The van der Waals surface area contributed by atoms with Crippen molar-refractivity contribution >= 4 is 23.5 Å². The zero-order chi connectivity index (χ0) is 19.6. The third kappa shape index (κ3) is 6.11. The molecule has 140 valence electrons. The van der Waals surface area contributed by atoms with E-state index in [2.05, 4.69) is 10.6 Å². The minimum Gasteiger partial charge on any atom is -0.463 e. The summed E-state index contributed by atoms with van der Waals surface area (Å²) in [6, 6.07) is 16.1. The zero-order valence-electron chi connectivity index (χ0n) is 15.3. The first kappa shape index (κ1) is 19.9. The van der Waals surface area contributed by atoms with Crippen molar-refractivity contribution in [2.45, 2.75) is 19.9 Å². The Morgan fingerprint density at radius 3 is 2.37 bits per heavy atom. The van der Waals surface area contributed by atoms with E-state index in [-0.39, 0.29) is 18.6 Å². The number of carbonyl (C=O) groups is 3. The number of ether oxygens (including phenoxy) is 1. The van der Waals surface area contributed by atoms with Gasteiger partial charge in [-0.2, -0.15) is 0 Å². The second-order valence-electron chi connectivity index (χ2n) is 5.73. The summed E-state index contributed by atoms with van der Waals surface area (Å²) < 4.78 is 4.72. The zero-order valence-corrected chi connectivity index (χ0v) is 15.3. The third-order valence-electron chi connectivity index (χ3n) is 3.73. The highest BCUT2D eigenvalue weighted by Crippen LogP contribution is 2.18. The van der Waals surface area contributed by atoms with Crippen molar-refractivity contribution < 1.29 is 19.1 Å². The smallest absolute Gasteiger partial charge is 0.330 e. The van der Waals surface area contributed by atoms with Gasteiger partial charge >= 0.3 is 5.97 Å². The Bertz CT molecular complexity index is 831. The summed E-state index contributed by atoms with van der Waals surface area (Å²) in [6.07, 6.45) is 2.11. The normalized spacial score (nSPS) is 11.6. The molecule has 0 radical (unpaired) electrons. The number of para-hydroxylation sites is 1. The van der Waals surface area contributed by atoms with Crippen LogP contribution >= 0.6 is 0 Å². The molecule has 1 atom stereocenters. The fourth-order valence-corrected chi connectivity index (χ4v) is 2.40. The molecule has 6 nitrogen and oxygen atoms in total. The first-order valence-corrected chi connectivity index (χ1v) is 8.62. The maximum absolute atomic E-state index is 12.6. The topological polar surface area (TPSA) is 84.5 Å². The highest BCUT2D eigenvalue weighted by atomic mass is 16.5. The number of amides is 2. The van der Waals surface area contributed by atoms with Gasteiger partial charge in [0.05, 0.1) is 23.9 Å². The van der Waals surface area contributed by atoms with Crippen molar-refractivity contribution in [1.82, 2.24) is 5.32 Å². The molecule has 0 spiro atoms. The van der Waals surface area contributed by atoms with Gasteiger partial charge in [-0.1, -0.05) is 42.5 Å². The van der Waals surface area contributed by atoms with Crippen LogP contribution in [-0.4, -0.2) is 24.4 Å². The van der Waals surface area contributed by atoms with E-state index < -0.39 is 11.9 Å². The number of esters is 1. The molecular weight excluding hydrogens is 344 g/mol. The molecule has 0 aromatic heterocycles. The first-order chi connectivity index (χ1) is 13.0. The van der Waals surface area contributed by atoms with Gasteiger partial charge in [-0.25, -0.2) is 4.79 Å². The molecule has 2 rings (SSSR count). The van der Waals surface area contributed by atoms with Crippen molar-refractivity contribution in [2.75, 3.05) is 11.9 Å². The molecular formula is C21H22N2O4. The predicted octanol–water partition coefficient (Wildman–Crippen LogP) is 3.24. The van der Waals surface area contributed by atoms with Crippen LogP contribution in [0.5, 0.6) is 0 Å². The van der Waals surface area contributed by atoms with Gasteiger partial charge in [-0.3, -0.25) is 9.59 Å². The van der Waals surface area contributed by atoms with Crippen LogP contribution in [0.15, 0.2) is 66.7 Å². The number of nitrogens with one attached hydrogen (secondary N) is 2. The Morgan fingerprint density at radius 1 is 1.00 bits per heavy atom. The van der Waals surface area contributed by atoms with Gasteiger partial charge in [0.25, 0.3) is 5.91 Å². The van der Waals surface area contributed by atoms with Crippen molar-refractivity contribution in [3.63, 3.8) is 0 Å². The summed E-state index contributed by atoms with van der Waals surface area (Å²) in [5, 5.41) is 5.52. The number of hydrogen-bond acceptors (Lipinski definition) is 4. The van der Waals surface area contributed by atoms with E-state index in [0.29, 0.717) is 11.3 Å². The average Bonchev–Trinajstić information content (AvgIpc) is 2.67. The quantitative estimate of drug-likeness (QED) is 0.582. The van der Waals surface area contributed by atoms with Crippen LogP contribution in [0.4, 0.5) is 5.69 Å². The minimum absolute atomic E-state index is 0.189. The molecule has 2 aromatic rings. The van der Waals surface area contributed by atoms with Crippen LogP contribution in [0, 0.1) is 0 Å². The predicted molar refractivity (Wildman–Crippen MR) is 103 cm³/mol. The van der Waals surface area contributed by atoms with Gasteiger partial charge in [0.2, 0.25) is 5.91 Å². The van der Waals surface area contributed by atoms with E-state index in [1.54, 1.807) is 31.2 Å². The molecule has 0 bridgehead atoms. The van der Waals surface area contributed by atoms with Gasteiger partial charge in [-0.05, 0) is 31.5 Å². The van der Waals surface area contributed by atoms with Gasteiger partial charge in [0.15, 0.2) is 0 Å². The standard InChI is InChI=1S/C21H22N2O4/c1-3-27-20(25)14-13-19(24)23-18-12-8-7-11-17(18)21(26)22-15(2)16-9-5-4-6-10-16/h4-15H,3H2,1-2H3,(H,22,26)(H,23,24). The maximum atomic E-state index is 12.6. The molecule has 0 aliphatic carbocycles. The third-order valence-corrected chi connectivity index (χ3v) is 3.73. The van der Waals surface area contributed by atoms with Gasteiger partial charge < -0.3 is 15.4 Å². The highest BCUT2D eigenvalue weighted by molar-refractivity contribution is 6.07. The number of hydrogen-bond donors (Lipinski definition) is 2.